The number of carbonyl (C=O) groups excluding carboxylic acids is 3. The lowest BCUT2D eigenvalue weighted by molar-refractivity contribution is -0.120. The van der Waals surface area contributed by atoms with Gasteiger partial charge in [-0.3, -0.25) is 9.59 Å². The number of ether oxygens (including phenoxy) is 1. The molecular formula is C25H29ClFN3O6S. The van der Waals surface area contributed by atoms with Crippen LogP contribution in [0.1, 0.15) is 50.5 Å². The lowest BCUT2D eigenvalue weighted by Crippen LogP contribution is -2.51. The van der Waals surface area contributed by atoms with E-state index in [0.29, 0.717) is 5.56 Å². The van der Waals surface area contributed by atoms with E-state index in [1.165, 1.54) is 30.3 Å². The van der Waals surface area contributed by atoms with Crippen LogP contribution >= 0.6 is 11.6 Å². The number of halogens is 2. The molecule has 1 atom stereocenters. The van der Waals surface area contributed by atoms with Crippen molar-refractivity contribution in [2.24, 2.45) is 0 Å². The van der Waals surface area contributed by atoms with Crippen molar-refractivity contribution in [3.63, 3.8) is 0 Å². The Hall–Kier alpha value is -3.18. The summed E-state index contributed by atoms with van der Waals surface area (Å²) in [5.41, 5.74) is -0.515. The molecule has 0 aromatic heterocycles. The van der Waals surface area contributed by atoms with Crippen LogP contribution in [0, 0.1) is 5.82 Å². The maximum absolute atomic E-state index is 14.2. The van der Waals surface area contributed by atoms with Gasteiger partial charge in [0, 0.05) is 11.6 Å². The standard InChI is InChI=1S/C25H29ClFN3O6S/c1-14(2)28-22(31)16-7-9-21-20(11-16)30(12-15-6-8-17(26)18(27)10-15)23(32)19(13-37(21,34)35)29-24(33)36-25(3,4)5/h6-11,14,19H,12-13H2,1-5H3,(H,28,31)(H,29,33)/t19-/m0/s1. The van der Waals surface area contributed by atoms with Gasteiger partial charge in [-0.15, -0.1) is 0 Å². The molecule has 2 aromatic carbocycles. The molecule has 0 unspecified atom stereocenters. The second-order valence-corrected chi connectivity index (χ2v) is 12.4. The van der Waals surface area contributed by atoms with Gasteiger partial charge < -0.3 is 20.3 Å². The molecule has 2 aromatic rings. The number of hydrogen-bond acceptors (Lipinski definition) is 6. The number of amides is 3. The van der Waals surface area contributed by atoms with E-state index in [1.807, 2.05) is 0 Å². The minimum atomic E-state index is -4.12. The van der Waals surface area contributed by atoms with Gasteiger partial charge in [-0.1, -0.05) is 17.7 Å². The summed E-state index contributed by atoms with van der Waals surface area (Å²) in [6, 6.07) is 6.13. The fraction of sp³-hybridized carbons (Fsp3) is 0.400. The summed E-state index contributed by atoms with van der Waals surface area (Å²) in [6.07, 6.45) is -0.971. The van der Waals surface area contributed by atoms with Crippen LogP contribution in [-0.4, -0.2) is 49.8 Å². The highest BCUT2D eigenvalue weighted by Gasteiger charge is 2.39. The first-order chi connectivity index (χ1) is 17.1. The predicted octanol–water partition coefficient (Wildman–Crippen LogP) is 3.83. The zero-order valence-electron chi connectivity index (χ0n) is 21.1. The Bertz CT molecular complexity index is 1340. The van der Waals surface area contributed by atoms with Crippen LogP contribution in [0.2, 0.25) is 5.02 Å². The van der Waals surface area contributed by atoms with Crippen molar-refractivity contribution < 1.29 is 31.9 Å². The van der Waals surface area contributed by atoms with Crippen molar-refractivity contribution in [2.45, 2.75) is 63.7 Å². The van der Waals surface area contributed by atoms with E-state index in [9.17, 15) is 27.2 Å². The Morgan fingerprint density at radius 2 is 1.86 bits per heavy atom. The SMILES string of the molecule is CC(C)NC(=O)c1ccc2c(c1)N(Cc1ccc(Cl)c(F)c1)C(=O)[C@@H](NC(=O)OC(C)(C)C)CS2(=O)=O. The van der Waals surface area contributed by atoms with E-state index in [-0.39, 0.29) is 33.8 Å². The molecule has 0 aliphatic carbocycles. The zero-order chi connectivity index (χ0) is 27.7. The van der Waals surface area contributed by atoms with Crippen molar-refractivity contribution in [3.8, 4) is 0 Å². The van der Waals surface area contributed by atoms with E-state index >= 15 is 0 Å². The largest absolute Gasteiger partial charge is 0.444 e. The Balaban J connectivity index is 2.12. The molecule has 2 N–H and O–H groups in total. The van der Waals surface area contributed by atoms with Gasteiger partial charge in [0.1, 0.15) is 17.5 Å². The molecule has 0 saturated heterocycles. The number of nitrogens with one attached hydrogen (secondary N) is 2. The Morgan fingerprint density at radius 3 is 2.46 bits per heavy atom. The van der Waals surface area contributed by atoms with Crippen molar-refractivity contribution in [2.75, 3.05) is 10.7 Å². The minimum absolute atomic E-state index is 0.0646. The first kappa shape index (κ1) is 28.4. The average Bonchev–Trinajstić information content (AvgIpc) is 2.83. The fourth-order valence-corrected chi connectivity index (χ4v) is 5.43. The van der Waals surface area contributed by atoms with E-state index in [1.54, 1.807) is 34.6 Å². The number of alkyl carbamates (subject to hydrolysis) is 1. The topological polar surface area (TPSA) is 122 Å². The Labute approximate surface area is 220 Å². The minimum Gasteiger partial charge on any atom is -0.444 e. The predicted molar refractivity (Wildman–Crippen MR) is 137 cm³/mol. The van der Waals surface area contributed by atoms with Gasteiger partial charge in [0.05, 0.1) is 27.9 Å². The molecule has 3 rings (SSSR count). The van der Waals surface area contributed by atoms with Crippen LogP contribution in [0.4, 0.5) is 14.9 Å². The number of hydrogen-bond donors (Lipinski definition) is 2. The first-order valence-corrected chi connectivity index (χ1v) is 13.5. The third kappa shape index (κ3) is 6.98. The van der Waals surface area contributed by atoms with Crippen molar-refractivity contribution >= 4 is 45.0 Å². The van der Waals surface area contributed by atoms with Gasteiger partial charge in [0.25, 0.3) is 11.8 Å². The van der Waals surface area contributed by atoms with Crippen LogP contribution in [0.25, 0.3) is 0 Å². The highest BCUT2D eigenvalue weighted by molar-refractivity contribution is 7.91. The van der Waals surface area contributed by atoms with Gasteiger partial charge in [-0.05, 0) is 70.5 Å². The molecule has 1 aliphatic heterocycles. The van der Waals surface area contributed by atoms with Gasteiger partial charge in [0.2, 0.25) is 0 Å². The van der Waals surface area contributed by atoms with Crippen molar-refractivity contribution in [3.05, 3.63) is 58.4 Å². The number of nitrogens with zero attached hydrogens (tertiary/aromatic N) is 1. The van der Waals surface area contributed by atoms with Gasteiger partial charge in [0.15, 0.2) is 9.84 Å². The smallest absolute Gasteiger partial charge is 0.408 e. The number of sulfone groups is 1. The lowest BCUT2D eigenvalue weighted by atomic mass is 10.1. The molecule has 3 amide bonds. The van der Waals surface area contributed by atoms with Gasteiger partial charge in [-0.25, -0.2) is 17.6 Å². The number of carbonyl (C=O) groups is 3. The molecule has 9 nitrogen and oxygen atoms in total. The van der Waals surface area contributed by atoms with Crippen LogP contribution < -0.4 is 15.5 Å². The normalized spacial score (nSPS) is 17.1. The molecule has 12 heteroatoms. The monoisotopic (exact) mass is 553 g/mol. The van der Waals surface area contributed by atoms with Crippen LogP contribution in [0.5, 0.6) is 0 Å². The molecule has 1 aliphatic rings. The molecule has 37 heavy (non-hydrogen) atoms. The summed E-state index contributed by atoms with van der Waals surface area (Å²) >= 11 is 5.79. The fourth-order valence-electron chi connectivity index (χ4n) is 3.70. The molecule has 0 fully saturated rings. The maximum Gasteiger partial charge on any atom is 0.408 e. The molecule has 0 radical (unpaired) electrons. The lowest BCUT2D eigenvalue weighted by Gasteiger charge is -2.27. The highest BCUT2D eigenvalue weighted by Crippen LogP contribution is 2.33. The zero-order valence-corrected chi connectivity index (χ0v) is 22.7. The van der Waals surface area contributed by atoms with E-state index in [2.05, 4.69) is 10.6 Å². The quantitative estimate of drug-likeness (QED) is 0.580. The summed E-state index contributed by atoms with van der Waals surface area (Å²) in [4.78, 5) is 39.7. The number of fused-ring (bicyclic) bond motifs is 1. The summed E-state index contributed by atoms with van der Waals surface area (Å²) in [5.74, 6) is -2.69. The van der Waals surface area contributed by atoms with Crippen LogP contribution in [0.3, 0.4) is 0 Å². The molecular weight excluding hydrogens is 525 g/mol. The number of rotatable bonds is 5. The molecule has 200 valence electrons. The summed E-state index contributed by atoms with van der Waals surface area (Å²) < 4.78 is 46.0. The first-order valence-electron chi connectivity index (χ1n) is 11.5. The Morgan fingerprint density at radius 1 is 1.19 bits per heavy atom. The second kappa shape index (κ2) is 10.7. The van der Waals surface area contributed by atoms with Gasteiger partial charge in [-0.2, -0.15) is 0 Å². The molecule has 1 heterocycles. The van der Waals surface area contributed by atoms with Crippen LogP contribution in [0.15, 0.2) is 41.3 Å². The molecule has 0 spiro atoms. The maximum atomic E-state index is 14.2. The number of benzene rings is 2. The summed E-state index contributed by atoms with van der Waals surface area (Å²) in [5, 5.41) is 4.95. The summed E-state index contributed by atoms with van der Waals surface area (Å²) in [7, 11) is -4.12. The highest BCUT2D eigenvalue weighted by atomic mass is 35.5. The van der Waals surface area contributed by atoms with E-state index < -0.39 is 51.0 Å². The molecule has 0 bridgehead atoms. The van der Waals surface area contributed by atoms with Crippen LogP contribution in [-0.2, 0) is 25.9 Å². The second-order valence-electron chi connectivity index (χ2n) is 9.96. The number of anilines is 1. The van der Waals surface area contributed by atoms with E-state index in [4.69, 9.17) is 16.3 Å². The third-order valence-corrected chi connectivity index (χ3v) is 7.33. The summed E-state index contributed by atoms with van der Waals surface area (Å²) in [6.45, 7) is 8.15. The van der Waals surface area contributed by atoms with E-state index in [0.717, 1.165) is 11.0 Å². The average molecular weight is 554 g/mol. The van der Waals surface area contributed by atoms with Crippen molar-refractivity contribution in [1.82, 2.24) is 10.6 Å². The van der Waals surface area contributed by atoms with Gasteiger partial charge >= 0.3 is 6.09 Å². The molecule has 0 saturated carbocycles. The third-order valence-electron chi connectivity index (χ3n) is 5.23. The Kier molecular flexibility index (Phi) is 8.18. The van der Waals surface area contributed by atoms with Crippen molar-refractivity contribution in [1.29, 1.82) is 0 Å².